The van der Waals surface area contributed by atoms with Gasteiger partial charge in [-0.1, -0.05) is 0 Å². The summed E-state index contributed by atoms with van der Waals surface area (Å²) in [5, 5.41) is 18.7. The minimum absolute atomic E-state index is 0.0253. The maximum Gasteiger partial charge on any atom is 0.165 e. The molecule has 1 saturated carbocycles. The summed E-state index contributed by atoms with van der Waals surface area (Å²) in [6.45, 7) is 2.06. The Kier molecular flexibility index (Phi) is 3.69. The molecule has 23 heavy (non-hydrogen) atoms. The molecule has 3 heterocycles. The van der Waals surface area contributed by atoms with Crippen LogP contribution in [0.25, 0.3) is 11.2 Å². The summed E-state index contributed by atoms with van der Waals surface area (Å²) < 4.78 is 1.85. The lowest BCUT2D eigenvalue weighted by Gasteiger charge is -2.33. The molecule has 2 aromatic rings. The van der Waals surface area contributed by atoms with Crippen molar-refractivity contribution in [1.29, 1.82) is 0 Å². The Balaban J connectivity index is 1.70. The molecule has 1 aliphatic heterocycles. The van der Waals surface area contributed by atoms with Gasteiger partial charge < -0.3 is 19.7 Å². The highest BCUT2D eigenvalue weighted by Crippen LogP contribution is 2.52. The van der Waals surface area contributed by atoms with Gasteiger partial charge in [-0.05, 0) is 37.5 Å². The molecule has 124 valence electrons. The molecule has 2 aliphatic rings. The number of anilines is 1. The van der Waals surface area contributed by atoms with Crippen molar-refractivity contribution in [1.82, 2.24) is 19.5 Å². The van der Waals surface area contributed by atoms with Crippen molar-refractivity contribution in [3.63, 3.8) is 0 Å². The zero-order valence-electron chi connectivity index (χ0n) is 13.2. The Bertz CT molecular complexity index is 697. The van der Waals surface area contributed by atoms with Gasteiger partial charge in [0.1, 0.15) is 6.33 Å². The number of piperidine rings is 1. The Hall–Kier alpha value is -1.73. The molecule has 2 fully saturated rings. The van der Waals surface area contributed by atoms with E-state index in [1.807, 2.05) is 4.57 Å². The molecule has 7 heteroatoms. The zero-order chi connectivity index (χ0) is 15.9. The van der Waals surface area contributed by atoms with Crippen LogP contribution >= 0.6 is 0 Å². The molecular formula is C16H23N5O2. The molecule has 0 aromatic carbocycles. The van der Waals surface area contributed by atoms with Crippen LogP contribution in [0.1, 0.15) is 38.1 Å². The third kappa shape index (κ3) is 2.57. The molecule has 0 radical (unpaired) electrons. The van der Waals surface area contributed by atoms with Crippen molar-refractivity contribution >= 4 is 17.0 Å². The summed E-state index contributed by atoms with van der Waals surface area (Å²) in [5.41, 5.74) is 2.04. The fraction of sp³-hybridized carbons (Fsp3) is 0.688. The molecular weight excluding hydrogens is 294 g/mol. The van der Waals surface area contributed by atoms with Crippen LogP contribution in [0.2, 0.25) is 0 Å². The highest BCUT2D eigenvalue weighted by atomic mass is 16.3. The number of hydrogen-bond donors (Lipinski definition) is 2. The van der Waals surface area contributed by atoms with Crippen LogP contribution in [0.15, 0.2) is 12.7 Å². The minimum Gasteiger partial charge on any atom is -0.396 e. The molecule has 7 nitrogen and oxygen atoms in total. The molecule has 2 aromatic heterocycles. The second-order valence-corrected chi connectivity index (χ2v) is 6.90. The quantitative estimate of drug-likeness (QED) is 0.859. The third-order valence-corrected chi connectivity index (χ3v) is 5.32. The largest absolute Gasteiger partial charge is 0.396 e. The molecule has 1 spiro atoms. The van der Waals surface area contributed by atoms with Crippen molar-refractivity contribution in [3.05, 3.63) is 12.7 Å². The monoisotopic (exact) mass is 317 g/mol. The number of hydrogen-bond acceptors (Lipinski definition) is 6. The molecule has 2 N–H and O–H groups in total. The van der Waals surface area contributed by atoms with E-state index in [2.05, 4.69) is 19.9 Å². The fourth-order valence-electron chi connectivity index (χ4n) is 3.78. The van der Waals surface area contributed by atoms with Gasteiger partial charge in [0.05, 0.1) is 19.0 Å². The molecule has 1 aliphatic carbocycles. The first kappa shape index (κ1) is 14.8. The van der Waals surface area contributed by atoms with E-state index in [1.165, 1.54) is 25.7 Å². The molecule has 1 atom stereocenters. The number of nitrogens with zero attached hydrogens (tertiary/aromatic N) is 5. The van der Waals surface area contributed by atoms with Crippen molar-refractivity contribution in [2.75, 3.05) is 31.2 Å². The van der Waals surface area contributed by atoms with Gasteiger partial charge in [-0.25, -0.2) is 15.0 Å². The number of imidazole rings is 1. The van der Waals surface area contributed by atoms with Crippen LogP contribution in [-0.2, 0) is 0 Å². The zero-order valence-corrected chi connectivity index (χ0v) is 13.2. The summed E-state index contributed by atoms with van der Waals surface area (Å²) in [6.07, 6.45) is 8.96. The number of aromatic nitrogens is 4. The molecule has 0 bridgehead atoms. The highest BCUT2D eigenvalue weighted by molar-refractivity contribution is 5.83. The number of fused-ring (bicyclic) bond motifs is 1. The summed E-state index contributed by atoms with van der Waals surface area (Å²) in [5.74, 6) is 0.903. The smallest absolute Gasteiger partial charge is 0.165 e. The maximum atomic E-state index is 9.57. The van der Waals surface area contributed by atoms with Crippen molar-refractivity contribution < 1.29 is 10.2 Å². The van der Waals surface area contributed by atoms with Crippen molar-refractivity contribution in [2.45, 2.75) is 38.1 Å². The van der Waals surface area contributed by atoms with E-state index < -0.39 is 0 Å². The summed E-state index contributed by atoms with van der Waals surface area (Å²) in [7, 11) is 0. The minimum atomic E-state index is -0.205. The standard InChI is InChI=1S/C16H23N5O2/c22-7-2-12(8-23)21-11-19-13-14(17-10-18-15(13)21)20-6-1-3-16(9-20)4-5-16/h10-12,22-23H,1-9H2. The Morgan fingerprint density at radius 3 is 2.78 bits per heavy atom. The van der Waals surface area contributed by atoms with Crippen LogP contribution in [0.5, 0.6) is 0 Å². The second-order valence-electron chi connectivity index (χ2n) is 6.90. The summed E-state index contributed by atoms with van der Waals surface area (Å²) in [4.78, 5) is 15.7. The Morgan fingerprint density at radius 1 is 1.17 bits per heavy atom. The van der Waals surface area contributed by atoms with Gasteiger partial charge in [0.2, 0.25) is 0 Å². The Labute approximate surface area is 135 Å². The average molecular weight is 317 g/mol. The van der Waals surface area contributed by atoms with Crippen LogP contribution in [-0.4, -0.2) is 56.0 Å². The molecule has 0 amide bonds. The van der Waals surface area contributed by atoms with Gasteiger partial charge in [-0.2, -0.15) is 0 Å². The summed E-state index contributed by atoms with van der Waals surface area (Å²) >= 11 is 0. The number of aliphatic hydroxyl groups is 2. The van der Waals surface area contributed by atoms with Crippen molar-refractivity contribution in [2.24, 2.45) is 5.41 Å². The molecule has 1 unspecified atom stereocenters. The summed E-state index contributed by atoms with van der Waals surface area (Å²) in [6, 6.07) is -0.205. The lowest BCUT2D eigenvalue weighted by Crippen LogP contribution is -2.37. The van der Waals surface area contributed by atoms with Gasteiger partial charge >= 0.3 is 0 Å². The first-order valence-electron chi connectivity index (χ1n) is 8.40. The molecule has 4 rings (SSSR count). The van der Waals surface area contributed by atoms with E-state index in [0.717, 1.165) is 30.1 Å². The van der Waals surface area contributed by atoms with Crippen LogP contribution in [0.3, 0.4) is 0 Å². The topological polar surface area (TPSA) is 87.3 Å². The van der Waals surface area contributed by atoms with E-state index in [1.54, 1.807) is 12.7 Å². The Morgan fingerprint density at radius 2 is 2.04 bits per heavy atom. The predicted octanol–water partition coefficient (Wildman–Crippen LogP) is 1.12. The van der Waals surface area contributed by atoms with Crippen LogP contribution in [0, 0.1) is 5.41 Å². The van der Waals surface area contributed by atoms with Gasteiger partial charge in [0, 0.05) is 19.7 Å². The predicted molar refractivity (Wildman–Crippen MR) is 86.3 cm³/mol. The normalized spacial score (nSPS) is 21.0. The van der Waals surface area contributed by atoms with Crippen LogP contribution < -0.4 is 4.90 Å². The van der Waals surface area contributed by atoms with E-state index in [4.69, 9.17) is 0 Å². The molecule has 1 saturated heterocycles. The first-order valence-corrected chi connectivity index (χ1v) is 8.40. The van der Waals surface area contributed by atoms with Crippen molar-refractivity contribution in [3.8, 4) is 0 Å². The second kappa shape index (κ2) is 5.72. The first-order chi connectivity index (χ1) is 11.3. The average Bonchev–Trinajstić information content (AvgIpc) is 3.18. The lowest BCUT2D eigenvalue weighted by molar-refractivity contribution is 0.188. The third-order valence-electron chi connectivity index (χ3n) is 5.32. The maximum absolute atomic E-state index is 9.57. The fourth-order valence-corrected chi connectivity index (χ4v) is 3.78. The number of rotatable bonds is 5. The van der Waals surface area contributed by atoms with Crippen LogP contribution in [0.4, 0.5) is 5.82 Å². The van der Waals surface area contributed by atoms with Gasteiger partial charge in [0.15, 0.2) is 17.0 Å². The SMILES string of the molecule is OCCC(CO)n1cnc2c(N3CCCC4(CC4)C3)ncnc21. The van der Waals surface area contributed by atoms with Gasteiger partial charge in [-0.3, -0.25) is 0 Å². The van der Waals surface area contributed by atoms with E-state index in [0.29, 0.717) is 11.8 Å². The van der Waals surface area contributed by atoms with Gasteiger partial charge in [0.25, 0.3) is 0 Å². The van der Waals surface area contributed by atoms with E-state index >= 15 is 0 Å². The number of aliphatic hydroxyl groups excluding tert-OH is 2. The highest BCUT2D eigenvalue weighted by Gasteiger charge is 2.46. The van der Waals surface area contributed by atoms with E-state index in [9.17, 15) is 10.2 Å². The van der Waals surface area contributed by atoms with E-state index in [-0.39, 0.29) is 19.3 Å². The van der Waals surface area contributed by atoms with Gasteiger partial charge in [-0.15, -0.1) is 0 Å². The lowest BCUT2D eigenvalue weighted by atomic mass is 9.95.